The van der Waals surface area contributed by atoms with Gasteiger partial charge in [-0.2, -0.15) is 0 Å². The topological polar surface area (TPSA) is 81.4 Å². The van der Waals surface area contributed by atoms with Crippen LogP contribution in [0.2, 0.25) is 0 Å². The highest BCUT2D eigenvalue weighted by molar-refractivity contribution is 5.89. The van der Waals surface area contributed by atoms with Crippen LogP contribution in [0.5, 0.6) is 5.75 Å². The molecule has 4 aromatic rings. The first-order chi connectivity index (χ1) is 15.0. The number of hydrogen-bond acceptors (Lipinski definition) is 4. The number of pyridine rings is 1. The van der Waals surface area contributed by atoms with Crippen molar-refractivity contribution in [3.05, 3.63) is 73.2 Å². The van der Waals surface area contributed by atoms with E-state index >= 15 is 0 Å². The standard InChI is InChI=1S/C25H22N2O4/c1-31-24-6-4-19(17-8-11-26-12-9-17)14-22(24)20-3-2-18-10-13-27(23(18)15-20)16-21(28)5-7-25(29)30/h2-4,6,8-15H,5,7,16H2,1H3,(H,29,30). The Morgan fingerprint density at radius 1 is 0.935 bits per heavy atom. The van der Waals surface area contributed by atoms with Gasteiger partial charge in [0, 0.05) is 36.1 Å². The quantitative estimate of drug-likeness (QED) is 0.447. The molecule has 0 atom stereocenters. The third kappa shape index (κ3) is 4.48. The Bertz CT molecular complexity index is 1250. The van der Waals surface area contributed by atoms with Crippen LogP contribution in [0, 0.1) is 0 Å². The molecule has 6 heteroatoms. The molecule has 0 aliphatic rings. The Labute approximate surface area is 179 Å². The molecule has 6 nitrogen and oxygen atoms in total. The third-order valence-corrected chi connectivity index (χ3v) is 5.26. The smallest absolute Gasteiger partial charge is 0.303 e. The zero-order chi connectivity index (χ0) is 21.8. The second kappa shape index (κ2) is 8.83. The maximum atomic E-state index is 12.2. The number of hydrogen-bond donors (Lipinski definition) is 1. The number of ether oxygens (including phenoxy) is 1. The van der Waals surface area contributed by atoms with E-state index in [1.54, 1.807) is 19.5 Å². The molecule has 2 aromatic heterocycles. The van der Waals surface area contributed by atoms with Crippen LogP contribution in [0.4, 0.5) is 0 Å². The Hall–Kier alpha value is -3.93. The lowest BCUT2D eigenvalue weighted by molar-refractivity contribution is -0.138. The number of benzene rings is 2. The van der Waals surface area contributed by atoms with Crippen molar-refractivity contribution in [2.45, 2.75) is 19.4 Å². The average molecular weight is 414 g/mol. The average Bonchev–Trinajstić information content (AvgIpc) is 3.19. The Morgan fingerprint density at radius 3 is 2.45 bits per heavy atom. The summed E-state index contributed by atoms with van der Waals surface area (Å²) in [5.41, 5.74) is 4.95. The molecule has 2 aromatic carbocycles. The van der Waals surface area contributed by atoms with Crippen LogP contribution in [0.1, 0.15) is 12.8 Å². The number of nitrogens with zero attached hydrogens (tertiary/aromatic N) is 2. The first kappa shape index (κ1) is 20.3. The summed E-state index contributed by atoms with van der Waals surface area (Å²) in [5.74, 6) is -0.315. The molecular formula is C25H22N2O4. The molecule has 0 aliphatic heterocycles. The fourth-order valence-corrected chi connectivity index (χ4v) is 3.66. The van der Waals surface area contributed by atoms with E-state index in [0.717, 1.165) is 38.9 Å². The number of rotatable bonds is 8. The summed E-state index contributed by atoms with van der Waals surface area (Å²) in [6.07, 6.45) is 5.26. The van der Waals surface area contributed by atoms with Crippen molar-refractivity contribution in [3.63, 3.8) is 0 Å². The third-order valence-electron chi connectivity index (χ3n) is 5.26. The van der Waals surface area contributed by atoms with Gasteiger partial charge in [-0.05, 0) is 58.5 Å². The van der Waals surface area contributed by atoms with E-state index in [4.69, 9.17) is 9.84 Å². The molecule has 156 valence electrons. The predicted molar refractivity (Wildman–Crippen MR) is 119 cm³/mol. The summed E-state index contributed by atoms with van der Waals surface area (Å²) in [4.78, 5) is 27.0. The monoisotopic (exact) mass is 414 g/mol. The van der Waals surface area contributed by atoms with Crippen LogP contribution in [-0.2, 0) is 16.1 Å². The Morgan fingerprint density at radius 2 is 1.71 bits per heavy atom. The summed E-state index contributed by atoms with van der Waals surface area (Å²) >= 11 is 0. The minimum absolute atomic E-state index is 0.0243. The summed E-state index contributed by atoms with van der Waals surface area (Å²) in [6.45, 7) is 0.147. The molecule has 0 fully saturated rings. The lowest BCUT2D eigenvalue weighted by atomic mass is 9.98. The first-order valence-corrected chi connectivity index (χ1v) is 9.96. The number of aromatic nitrogens is 2. The molecule has 1 N–H and O–H groups in total. The summed E-state index contributed by atoms with van der Waals surface area (Å²) < 4.78 is 7.47. The number of carboxylic acid groups (broad SMARTS) is 1. The van der Waals surface area contributed by atoms with Crippen LogP contribution < -0.4 is 4.74 Å². The van der Waals surface area contributed by atoms with Gasteiger partial charge in [-0.25, -0.2) is 0 Å². The molecule has 0 unspecified atom stereocenters. The molecule has 31 heavy (non-hydrogen) atoms. The van der Waals surface area contributed by atoms with E-state index in [0.29, 0.717) is 0 Å². The number of fused-ring (bicyclic) bond motifs is 1. The van der Waals surface area contributed by atoms with Crippen molar-refractivity contribution >= 4 is 22.7 Å². The van der Waals surface area contributed by atoms with Gasteiger partial charge in [0.05, 0.1) is 20.1 Å². The van der Waals surface area contributed by atoms with E-state index < -0.39 is 5.97 Å². The van der Waals surface area contributed by atoms with Gasteiger partial charge < -0.3 is 14.4 Å². The molecule has 0 saturated heterocycles. The highest BCUT2D eigenvalue weighted by Gasteiger charge is 2.12. The number of aliphatic carboxylic acids is 1. The molecule has 0 bridgehead atoms. The summed E-state index contributed by atoms with van der Waals surface area (Å²) in [6, 6.07) is 18.0. The summed E-state index contributed by atoms with van der Waals surface area (Å²) in [7, 11) is 1.65. The molecule has 2 heterocycles. The lowest BCUT2D eigenvalue weighted by Crippen LogP contribution is -2.10. The van der Waals surface area contributed by atoms with Gasteiger partial charge in [0.25, 0.3) is 0 Å². The second-order valence-corrected chi connectivity index (χ2v) is 7.30. The zero-order valence-corrected chi connectivity index (χ0v) is 17.1. The molecule has 0 amide bonds. The van der Waals surface area contributed by atoms with Crippen LogP contribution in [0.15, 0.2) is 73.2 Å². The van der Waals surface area contributed by atoms with Gasteiger partial charge in [0.15, 0.2) is 5.78 Å². The first-order valence-electron chi connectivity index (χ1n) is 9.96. The van der Waals surface area contributed by atoms with Gasteiger partial charge in [-0.15, -0.1) is 0 Å². The molecule has 0 saturated carbocycles. The maximum absolute atomic E-state index is 12.2. The molecule has 0 aliphatic carbocycles. The number of ketones is 1. The van der Waals surface area contributed by atoms with Gasteiger partial charge in [0.1, 0.15) is 5.75 Å². The fraction of sp³-hybridized carbons (Fsp3) is 0.160. The van der Waals surface area contributed by atoms with Gasteiger partial charge in [-0.3, -0.25) is 14.6 Å². The largest absolute Gasteiger partial charge is 0.496 e. The Kier molecular flexibility index (Phi) is 5.80. The van der Waals surface area contributed by atoms with Gasteiger partial charge in [0.2, 0.25) is 0 Å². The fourth-order valence-electron chi connectivity index (χ4n) is 3.66. The maximum Gasteiger partial charge on any atom is 0.303 e. The highest BCUT2D eigenvalue weighted by atomic mass is 16.5. The second-order valence-electron chi connectivity index (χ2n) is 7.30. The minimum Gasteiger partial charge on any atom is -0.496 e. The molecule has 4 rings (SSSR count). The van der Waals surface area contributed by atoms with E-state index in [1.807, 2.05) is 59.3 Å². The normalized spacial score (nSPS) is 10.9. The van der Waals surface area contributed by atoms with Crippen LogP contribution in [0.25, 0.3) is 33.2 Å². The minimum atomic E-state index is -0.964. The van der Waals surface area contributed by atoms with E-state index in [1.165, 1.54) is 0 Å². The number of carbonyl (C=O) groups excluding carboxylic acids is 1. The molecule has 0 radical (unpaired) electrons. The summed E-state index contributed by atoms with van der Waals surface area (Å²) in [5, 5.41) is 9.82. The number of methoxy groups -OCH3 is 1. The number of Topliss-reactive ketones (excluding diaryl/α,β-unsaturated/α-hetero) is 1. The van der Waals surface area contributed by atoms with Crippen molar-refractivity contribution in [2.24, 2.45) is 0 Å². The van der Waals surface area contributed by atoms with Crippen LogP contribution >= 0.6 is 0 Å². The van der Waals surface area contributed by atoms with E-state index in [2.05, 4.69) is 11.1 Å². The van der Waals surface area contributed by atoms with Crippen molar-refractivity contribution in [1.82, 2.24) is 9.55 Å². The van der Waals surface area contributed by atoms with Crippen LogP contribution in [0.3, 0.4) is 0 Å². The number of carboxylic acids is 1. The van der Waals surface area contributed by atoms with Crippen molar-refractivity contribution in [2.75, 3.05) is 7.11 Å². The SMILES string of the molecule is COc1ccc(-c2ccncc2)cc1-c1ccc2ccn(CC(=O)CCC(=O)O)c2c1. The number of carbonyl (C=O) groups is 2. The van der Waals surface area contributed by atoms with E-state index in [9.17, 15) is 9.59 Å². The zero-order valence-electron chi connectivity index (χ0n) is 17.1. The van der Waals surface area contributed by atoms with Crippen molar-refractivity contribution in [1.29, 1.82) is 0 Å². The van der Waals surface area contributed by atoms with E-state index in [-0.39, 0.29) is 25.2 Å². The van der Waals surface area contributed by atoms with Gasteiger partial charge >= 0.3 is 5.97 Å². The molecular weight excluding hydrogens is 392 g/mol. The highest BCUT2D eigenvalue weighted by Crippen LogP contribution is 2.35. The van der Waals surface area contributed by atoms with Crippen LogP contribution in [-0.4, -0.2) is 33.5 Å². The molecule has 0 spiro atoms. The lowest BCUT2D eigenvalue weighted by Gasteiger charge is -2.12. The Balaban J connectivity index is 1.71. The predicted octanol–water partition coefficient (Wildman–Crippen LogP) is 4.81. The van der Waals surface area contributed by atoms with Crippen molar-refractivity contribution in [3.8, 4) is 28.0 Å². The van der Waals surface area contributed by atoms with Crippen molar-refractivity contribution < 1.29 is 19.4 Å². The van der Waals surface area contributed by atoms with Gasteiger partial charge in [-0.1, -0.05) is 18.2 Å².